The monoisotopic (exact) mass is 504 g/mol. The first-order chi connectivity index (χ1) is 16.8. The number of halogens is 3. The highest BCUT2D eigenvalue weighted by atomic mass is 35.5. The van der Waals surface area contributed by atoms with Crippen molar-refractivity contribution in [3.8, 4) is 0 Å². The van der Waals surface area contributed by atoms with Crippen molar-refractivity contribution in [2.75, 3.05) is 0 Å². The molecule has 2 aliphatic rings. The number of carbonyl (C=O) groups is 3. The van der Waals surface area contributed by atoms with Gasteiger partial charge in [0.1, 0.15) is 12.6 Å². The molecule has 2 atom stereocenters. The summed E-state index contributed by atoms with van der Waals surface area (Å²) in [6.07, 6.45) is 3.12. The topological polar surface area (TPSA) is 75.7 Å². The van der Waals surface area contributed by atoms with E-state index in [4.69, 9.17) is 16.3 Å². The molecule has 1 aliphatic carbocycles. The number of likely N-dealkylation sites (tertiary alicyclic amines) is 1. The van der Waals surface area contributed by atoms with Crippen molar-refractivity contribution in [2.24, 2.45) is 5.92 Å². The Morgan fingerprint density at radius 2 is 1.86 bits per heavy atom. The molecule has 0 unspecified atom stereocenters. The molecule has 0 aromatic heterocycles. The first-order valence-corrected chi connectivity index (χ1v) is 12.1. The molecule has 1 saturated heterocycles. The molecule has 6 nitrogen and oxygen atoms in total. The maximum Gasteiger partial charge on any atom is 0.328 e. The molecule has 0 spiro atoms. The van der Waals surface area contributed by atoms with E-state index in [2.05, 4.69) is 5.32 Å². The van der Waals surface area contributed by atoms with Gasteiger partial charge in [-0.3, -0.25) is 9.59 Å². The molecule has 0 radical (unpaired) electrons. The van der Waals surface area contributed by atoms with Crippen molar-refractivity contribution in [2.45, 2.75) is 63.8 Å². The van der Waals surface area contributed by atoms with E-state index in [1.54, 1.807) is 24.3 Å². The fourth-order valence-electron chi connectivity index (χ4n) is 4.28. The van der Waals surface area contributed by atoms with Crippen molar-refractivity contribution < 1.29 is 27.9 Å². The summed E-state index contributed by atoms with van der Waals surface area (Å²) in [5.74, 6) is -2.73. The number of hydrogen-bond acceptors (Lipinski definition) is 4. The predicted molar refractivity (Wildman–Crippen MR) is 125 cm³/mol. The van der Waals surface area contributed by atoms with Crippen molar-refractivity contribution in [1.82, 2.24) is 10.2 Å². The second kappa shape index (κ2) is 11.2. The Kier molecular flexibility index (Phi) is 8.00. The van der Waals surface area contributed by atoms with Gasteiger partial charge in [-0.25, -0.2) is 13.6 Å². The minimum Gasteiger partial charge on any atom is -0.459 e. The van der Waals surface area contributed by atoms with E-state index in [0.717, 1.165) is 24.5 Å². The molecular weight excluding hydrogens is 478 g/mol. The SMILES string of the molecule is O=C(C[C@@H]1CCC(=O)N1Cc1cccc(F)c1F)N[C@@H](CC1CC1)C(=O)OCc1ccc(Cl)cc1. The van der Waals surface area contributed by atoms with Crippen LogP contribution in [0.5, 0.6) is 0 Å². The van der Waals surface area contributed by atoms with Crippen molar-refractivity contribution in [3.05, 3.63) is 70.2 Å². The maximum atomic E-state index is 14.1. The quantitative estimate of drug-likeness (QED) is 0.482. The number of nitrogens with one attached hydrogen (secondary N) is 1. The first kappa shape index (κ1) is 25.1. The lowest BCUT2D eigenvalue weighted by molar-refractivity contribution is -0.149. The van der Waals surface area contributed by atoms with Crippen molar-refractivity contribution in [3.63, 3.8) is 0 Å². The van der Waals surface area contributed by atoms with Crippen LogP contribution in [-0.2, 0) is 32.3 Å². The zero-order chi connectivity index (χ0) is 24.9. The summed E-state index contributed by atoms with van der Waals surface area (Å²) in [4.78, 5) is 39.4. The van der Waals surface area contributed by atoms with Gasteiger partial charge in [0.15, 0.2) is 11.6 Å². The zero-order valence-electron chi connectivity index (χ0n) is 19.1. The van der Waals surface area contributed by atoms with Crippen LogP contribution in [0.4, 0.5) is 8.78 Å². The van der Waals surface area contributed by atoms with Gasteiger partial charge in [0, 0.05) is 36.0 Å². The summed E-state index contributed by atoms with van der Waals surface area (Å²) >= 11 is 5.88. The molecule has 1 heterocycles. The summed E-state index contributed by atoms with van der Waals surface area (Å²) in [5, 5.41) is 3.36. The van der Waals surface area contributed by atoms with E-state index in [1.165, 1.54) is 17.0 Å². The number of hydrogen-bond donors (Lipinski definition) is 1. The van der Waals surface area contributed by atoms with Gasteiger partial charge in [0.2, 0.25) is 11.8 Å². The standard InChI is InChI=1S/C26H27ClF2N2O4/c27-19-8-6-17(7-9-19)15-35-26(34)22(12-16-4-5-16)30-23(32)13-20-10-11-24(33)31(20)14-18-2-1-3-21(28)25(18)29/h1-3,6-9,16,20,22H,4-5,10-15H2,(H,30,32)/t20-,22-/m0/s1. The number of amides is 2. The third-order valence-electron chi connectivity index (χ3n) is 6.43. The Morgan fingerprint density at radius 1 is 1.11 bits per heavy atom. The highest BCUT2D eigenvalue weighted by Gasteiger charge is 2.35. The van der Waals surface area contributed by atoms with Gasteiger partial charge in [-0.1, -0.05) is 48.7 Å². The third kappa shape index (κ3) is 6.78. The van der Waals surface area contributed by atoms with Crippen LogP contribution in [0.15, 0.2) is 42.5 Å². The molecule has 2 aromatic carbocycles. The Morgan fingerprint density at radius 3 is 2.57 bits per heavy atom. The third-order valence-corrected chi connectivity index (χ3v) is 6.68. The van der Waals surface area contributed by atoms with Crippen LogP contribution in [0.2, 0.25) is 5.02 Å². The van der Waals surface area contributed by atoms with Gasteiger partial charge in [-0.05, 0) is 42.5 Å². The first-order valence-electron chi connectivity index (χ1n) is 11.7. The van der Waals surface area contributed by atoms with Crippen molar-refractivity contribution in [1.29, 1.82) is 0 Å². The van der Waals surface area contributed by atoms with Gasteiger partial charge in [-0.15, -0.1) is 0 Å². The molecule has 1 aliphatic heterocycles. The summed E-state index contributed by atoms with van der Waals surface area (Å²) in [6, 6.07) is 9.51. The van der Waals surface area contributed by atoms with E-state index in [1.807, 2.05) is 0 Å². The average Bonchev–Trinajstić information content (AvgIpc) is 3.59. The molecule has 2 aromatic rings. The van der Waals surface area contributed by atoms with Crippen LogP contribution in [-0.4, -0.2) is 34.8 Å². The van der Waals surface area contributed by atoms with E-state index in [9.17, 15) is 23.2 Å². The number of carbonyl (C=O) groups excluding carboxylic acids is 3. The molecular formula is C26H27ClF2N2O4. The lowest BCUT2D eigenvalue weighted by Gasteiger charge is -2.26. The molecule has 0 bridgehead atoms. The summed E-state index contributed by atoms with van der Waals surface area (Å²) < 4.78 is 33.1. The predicted octanol–water partition coefficient (Wildman–Crippen LogP) is 4.53. The Bertz CT molecular complexity index is 1090. The van der Waals surface area contributed by atoms with Gasteiger partial charge < -0.3 is 15.0 Å². The summed E-state index contributed by atoms with van der Waals surface area (Å²) in [5.41, 5.74) is 0.840. The number of esters is 1. The fourth-order valence-corrected chi connectivity index (χ4v) is 4.41. The maximum absolute atomic E-state index is 14.1. The second-order valence-electron chi connectivity index (χ2n) is 9.16. The van der Waals surface area contributed by atoms with Crippen LogP contribution in [0.25, 0.3) is 0 Å². The molecule has 186 valence electrons. The van der Waals surface area contributed by atoms with Gasteiger partial charge in [-0.2, -0.15) is 0 Å². The molecule has 4 rings (SSSR count). The van der Waals surface area contributed by atoms with E-state index < -0.39 is 29.7 Å². The smallest absolute Gasteiger partial charge is 0.328 e. The lowest BCUT2D eigenvalue weighted by atomic mass is 10.1. The normalized spacial score (nSPS) is 18.4. The summed E-state index contributed by atoms with van der Waals surface area (Å²) in [6.45, 7) is -0.0495. The number of rotatable bonds is 10. The highest BCUT2D eigenvalue weighted by Crippen LogP contribution is 2.34. The van der Waals surface area contributed by atoms with Crippen LogP contribution in [0.3, 0.4) is 0 Å². The highest BCUT2D eigenvalue weighted by molar-refractivity contribution is 6.30. The molecule has 2 fully saturated rings. The van der Waals surface area contributed by atoms with E-state index in [-0.39, 0.29) is 43.4 Å². The molecule has 2 amide bonds. The number of nitrogens with zero attached hydrogens (tertiary/aromatic N) is 1. The molecule has 35 heavy (non-hydrogen) atoms. The molecule has 1 saturated carbocycles. The Labute approximate surface area is 207 Å². The van der Waals surface area contributed by atoms with E-state index >= 15 is 0 Å². The van der Waals surface area contributed by atoms with Crippen LogP contribution in [0.1, 0.15) is 49.7 Å². The minimum atomic E-state index is -0.997. The van der Waals surface area contributed by atoms with Gasteiger partial charge in [0.05, 0.1) is 0 Å². The molecule has 9 heteroatoms. The van der Waals surface area contributed by atoms with Crippen molar-refractivity contribution >= 4 is 29.4 Å². The second-order valence-corrected chi connectivity index (χ2v) is 9.60. The lowest BCUT2D eigenvalue weighted by Crippen LogP contribution is -2.44. The van der Waals surface area contributed by atoms with E-state index in [0.29, 0.717) is 23.8 Å². The zero-order valence-corrected chi connectivity index (χ0v) is 19.9. The average molecular weight is 505 g/mol. The fraction of sp³-hybridized carbons (Fsp3) is 0.423. The van der Waals surface area contributed by atoms with Crippen LogP contribution < -0.4 is 5.32 Å². The Hall–Kier alpha value is -3.00. The molecule has 1 N–H and O–H groups in total. The number of ether oxygens (including phenoxy) is 1. The van der Waals surface area contributed by atoms with Gasteiger partial charge >= 0.3 is 5.97 Å². The largest absolute Gasteiger partial charge is 0.459 e. The Balaban J connectivity index is 1.35. The van der Waals surface area contributed by atoms with Crippen LogP contribution in [0, 0.1) is 17.6 Å². The number of benzene rings is 2. The van der Waals surface area contributed by atoms with Crippen LogP contribution >= 0.6 is 11.6 Å². The minimum absolute atomic E-state index is 0.0334. The summed E-state index contributed by atoms with van der Waals surface area (Å²) in [7, 11) is 0. The van der Waals surface area contributed by atoms with Gasteiger partial charge in [0.25, 0.3) is 0 Å².